The molecule has 2 amide bonds. The minimum Gasteiger partial charge on any atom is -0.350 e. The second-order valence-electron chi connectivity index (χ2n) is 10.4. The van der Waals surface area contributed by atoms with Gasteiger partial charge in [-0.2, -0.15) is 26.3 Å². The van der Waals surface area contributed by atoms with Crippen LogP contribution in [0.4, 0.5) is 32.0 Å². The molecule has 1 atom stereocenters. The minimum atomic E-state index is -4.99. The lowest BCUT2D eigenvalue weighted by Gasteiger charge is -2.45. The summed E-state index contributed by atoms with van der Waals surface area (Å²) in [6, 6.07) is 18.6. The topological polar surface area (TPSA) is 64.7 Å². The van der Waals surface area contributed by atoms with E-state index in [0.29, 0.717) is 50.3 Å². The predicted molar refractivity (Wildman–Crippen MR) is 145 cm³/mol. The van der Waals surface area contributed by atoms with Gasteiger partial charge in [0.05, 0.1) is 17.8 Å². The first-order valence-corrected chi connectivity index (χ1v) is 13.3. The number of nitrogens with zero attached hydrogens (tertiary/aromatic N) is 2. The number of halogens is 6. The molecule has 2 heterocycles. The molecular formula is C30H30F6N4O2. The molecule has 1 spiro atoms. The number of anilines is 1. The molecule has 0 bridgehead atoms. The Morgan fingerprint density at radius 2 is 1.43 bits per heavy atom. The largest absolute Gasteiger partial charge is 0.416 e. The summed E-state index contributed by atoms with van der Waals surface area (Å²) in [7, 11) is 0. The van der Waals surface area contributed by atoms with Crippen LogP contribution in [0.15, 0.2) is 78.9 Å². The summed E-state index contributed by atoms with van der Waals surface area (Å²) < 4.78 is 79.9. The second-order valence-corrected chi connectivity index (χ2v) is 10.4. The number of amides is 2. The van der Waals surface area contributed by atoms with Gasteiger partial charge >= 0.3 is 12.4 Å². The summed E-state index contributed by atoms with van der Waals surface area (Å²) >= 11 is 0. The number of carbonyl (C=O) groups excluding carboxylic acids is 2. The van der Waals surface area contributed by atoms with E-state index >= 15 is 0 Å². The smallest absolute Gasteiger partial charge is 0.350 e. The highest BCUT2D eigenvalue weighted by Crippen LogP contribution is 2.39. The standard InChI is InChI=1S/C30H28F6N4O2.H2/c31-29(32,33)22-15-20(16-23(17-22)30(34,35)36)18-37-26(41)25(21-7-3-1-4-8-21)39-13-11-28(12-14-39)27(42)38-19-40(28)24-9-5-2-6-10-24;/h1-10,15-17,25H,11-14,18-19H2,(H,37,41)(H,38,42);1H. The highest BCUT2D eigenvalue weighted by molar-refractivity contribution is 5.93. The molecule has 0 aromatic heterocycles. The number of rotatable bonds is 6. The zero-order valence-corrected chi connectivity index (χ0v) is 22.3. The molecule has 0 aliphatic carbocycles. The molecule has 12 heteroatoms. The van der Waals surface area contributed by atoms with Crippen molar-refractivity contribution in [3.8, 4) is 0 Å². The van der Waals surface area contributed by atoms with Crippen molar-refractivity contribution in [3.05, 3.63) is 101 Å². The van der Waals surface area contributed by atoms with Gasteiger partial charge in [0.15, 0.2) is 0 Å². The highest BCUT2D eigenvalue weighted by Gasteiger charge is 2.51. The number of piperidine rings is 1. The molecule has 2 fully saturated rings. The Labute approximate surface area is 239 Å². The Bertz CT molecular complexity index is 1400. The van der Waals surface area contributed by atoms with Gasteiger partial charge in [-0.3, -0.25) is 14.5 Å². The average Bonchev–Trinajstić information content (AvgIpc) is 3.28. The van der Waals surface area contributed by atoms with Crippen molar-refractivity contribution >= 4 is 17.5 Å². The molecule has 2 saturated heterocycles. The van der Waals surface area contributed by atoms with Gasteiger partial charge in [-0.15, -0.1) is 0 Å². The van der Waals surface area contributed by atoms with E-state index in [0.717, 1.165) is 5.69 Å². The van der Waals surface area contributed by atoms with Crippen molar-refractivity contribution in [2.24, 2.45) is 0 Å². The van der Waals surface area contributed by atoms with Gasteiger partial charge in [0.1, 0.15) is 11.6 Å². The van der Waals surface area contributed by atoms with Gasteiger partial charge in [0.2, 0.25) is 11.8 Å². The Kier molecular flexibility index (Phi) is 7.93. The van der Waals surface area contributed by atoms with Crippen LogP contribution in [0.3, 0.4) is 0 Å². The summed E-state index contributed by atoms with van der Waals surface area (Å²) in [6.45, 7) is 0.524. The summed E-state index contributed by atoms with van der Waals surface area (Å²) in [5.74, 6) is -0.671. The lowest BCUT2D eigenvalue weighted by molar-refractivity contribution is -0.143. The monoisotopic (exact) mass is 592 g/mol. The number of hydrogen-bond acceptors (Lipinski definition) is 4. The van der Waals surface area contributed by atoms with Crippen LogP contribution in [0.25, 0.3) is 0 Å². The van der Waals surface area contributed by atoms with Crippen LogP contribution in [-0.4, -0.2) is 42.0 Å². The number of likely N-dealkylation sites (tertiary alicyclic amines) is 1. The zero-order valence-electron chi connectivity index (χ0n) is 22.3. The van der Waals surface area contributed by atoms with Crippen molar-refractivity contribution in [2.45, 2.75) is 43.3 Å². The van der Waals surface area contributed by atoms with Crippen molar-refractivity contribution in [1.29, 1.82) is 0 Å². The molecule has 2 N–H and O–H groups in total. The molecule has 1 unspecified atom stereocenters. The quantitative estimate of drug-likeness (QED) is 0.358. The zero-order chi connectivity index (χ0) is 30.1. The van der Waals surface area contributed by atoms with Crippen LogP contribution in [0.1, 0.15) is 42.6 Å². The van der Waals surface area contributed by atoms with Gasteiger partial charge in [0, 0.05) is 26.7 Å². The number of nitrogens with one attached hydrogen (secondary N) is 2. The van der Waals surface area contributed by atoms with Crippen LogP contribution in [0.5, 0.6) is 0 Å². The number of para-hydroxylation sites is 1. The van der Waals surface area contributed by atoms with Gasteiger partial charge in [-0.05, 0) is 54.3 Å². The first-order valence-electron chi connectivity index (χ1n) is 13.3. The van der Waals surface area contributed by atoms with E-state index in [9.17, 15) is 35.9 Å². The molecule has 6 nitrogen and oxygen atoms in total. The van der Waals surface area contributed by atoms with E-state index in [-0.39, 0.29) is 19.0 Å². The van der Waals surface area contributed by atoms with Gasteiger partial charge < -0.3 is 15.5 Å². The lowest BCUT2D eigenvalue weighted by atomic mass is 9.84. The van der Waals surface area contributed by atoms with E-state index in [1.807, 2.05) is 40.1 Å². The average molecular weight is 593 g/mol. The molecule has 5 rings (SSSR count). The van der Waals surface area contributed by atoms with Crippen molar-refractivity contribution in [3.63, 3.8) is 0 Å². The molecule has 0 radical (unpaired) electrons. The van der Waals surface area contributed by atoms with E-state index < -0.39 is 47.5 Å². The summed E-state index contributed by atoms with van der Waals surface area (Å²) in [4.78, 5) is 30.5. The molecule has 224 valence electrons. The van der Waals surface area contributed by atoms with Crippen molar-refractivity contribution in [1.82, 2.24) is 15.5 Å². The van der Waals surface area contributed by atoms with Crippen LogP contribution in [-0.2, 0) is 28.5 Å². The molecular weight excluding hydrogens is 562 g/mol. The van der Waals surface area contributed by atoms with Crippen LogP contribution in [0.2, 0.25) is 0 Å². The third-order valence-corrected chi connectivity index (χ3v) is 7.87. The molecule has 2 aliphatic rings. The third-order valence-electron chi connectivity index (χ3n) is 7.87. The fraction of sp³-hybridized carbons (Fsp3) is 0.333. The molecule has 0 saturated carbocycles. The highest BCUT2D eigenvalue weighted by atomic mass is 19.4. The second kappa shape index (κ2) is 11.3. The van der Waals surface area contributed by atoms with Crippen LogP contribution < -0.4 is 15.5 Å². The molecule has 2 aliphatic heterocycles. The van der Waals surface area contributed by atoms with Crippen molar-refractivity contribution in [2.75, 3.05) is 24.7 Å². The molecule has 3 aromatic carbocycles. The van der Waals surface area contributed by atoms with Crippen molar-refractivity contribution < 1.29 is 37.4 Å². The third kappa shape index (κ3) is 5.94. The number of carbonyl (C=O) groups is 2. The Balaban J connectivity index is 0.00000423. The SMILES string of the molecule is O=C(NCc1cc(C(F)(F)F)cc(C(F)(F)F)c1)C(c1ccccc1)N1CCC2(CC1)C(=O)NCN2c1ccccc1.[HH]. The maximum atomic E-state index is 13.6. The van der Waals surface area contributed by atoms with Gasteiger partial charge in [-0.1, -0.05) is 48.5 Å². The molecule has 3 aromatic rings. The summed E-state index contributed by atoms with van der Waals surface area (Å²) in [5, 5.41) is 5.48. The number of hydrogen-bond donors (Lipinski definition) is 2. The first-order chi connectivity index (χ1) is 19.9. The normalized spacial score (nSPS) is 18.1. The fourth-order valence-electron chi connectivity index (χ4n) is 5.76. The first kappa shape index (κ1) is 29.4. The molecule has 42 heavy (non-hydrogen) atoms. The fourth-order valence-corrected chi connectivity index (χ4v) is 5.76. The predicted octanol–water partition coefficient (Wildman–Crippen LogP) is 5.76. The van der Waals surface area contributed by atoms with Gasteiger partial charge in [0.25, 0.3) is 0 Å². The maximum absolute atomic E-state index is 13.6. The summed E-state index contributed by atoms with van der Waals surface area (Å²) in [6.07, 6.45) is -9.16. The van der Waals surface area contributed by atoms with Crippen LogP contribution in [0, 0.1) is 0 Å². The van der Waals surface area contributed by atoms with E-state index in [1.165, 1.54) is 0 Å². The Hall–Kier alpha value is -4.06. The Morgan fingerprint density at radius 3 is 1.98 bits per heavy atom. The van der Waals surface area contributed by atoms with Gasteiger partial charge in [-0.25, -0.2) is 0 Å². The lowest BCUT2D eigenvalue weighted by Crippen LogP contribution is -2.57. The summed E-state index contributed by atoms with van der Waals surface area (Å²) in [5.41, 5.74) is -2.51. The van der Waals surface area contributed by atoms with E-state index in [4.69, 9.17) is 0 Å². The van der Waals surface area contributed by atoms with E-state index in [1.54, 1.807) is 30.3 Å². The van der Waals surface area contributed by atoms with Crippen LogP contribution >= 0.6 is 0 Å². The Morgan fingerprint density at radius 1 is 0.881 bits per heavy atom. The minimum absolute atomic E-state index is 0. The van der Waals surface area contributed by atoms with E-state index in [2.05, 4.69) is 10.6 Å². The number of benzene rings is 3. The number of alkyl halides is 6. The maximum Gasteiger partial charge on any atom is 0.416 e.